The Balaban J connectivity index is 0. The Kier molecular flexibility index (Phi) is 6060. The van der Waals surface area contributed by atoms with E-state index in [1.165, 1.54) is 0 Å². The maximum Gasteiger partial charge on any atom is 4.00 e. The SMILES string of the molecule is O.[O-2].[O-2].[V+4]. The fraction of sp³-hybridized carbons (Fsp3) is 0. The molecule has 2 N–H and O–H groups in total. The summed E-state index contributed by atoms with van der Waals surface area (Å²) in [5.74, 6) is 0. The molecule has 0 saturated carbocycles. The zero-order valence-electron chi connectivity index (χ0n) is 1.76. The first-order valence-corrected chi connectivity index (χ1v) is 0. The van der Waals surface area contributed by atoms with Crippen molar-refractivity contribution in [2.24, 2.45) is 0 Å². The molecule has 0 aliphatic rings. The molecule has 4 heavy (non-hydrogen) atoms. The van der Waals surface area contributed by atoms with Crippen molar-refractivity contribution in [3.05, 3.63) is 0 Å². The maximum absolute atomic E-state index is 0. The van der Waals surface area contributed by atoms with Crippen molar-refractivity contribution in [2.45, 2.75) is 0 Å². The average Bonchev–Trinajstić information content (AvgIpc) is 0. The Morgan fingerprint density at radius 1 is 0.750 bits per heavy atom. The van der Waals surface area contributed by atoms with E-state index in [1.54, 1.807) is 0 Å². The number of rotatable bonds is 0. The van der Waals surface area contributed by atoms with Crippen molar-refractivity contribution in [1.29, 1.82) is 0 Å². The second-order valence-corrected chi connectivity index (χ2v) is 0. The van der Waals surface area contributed by atoms with Gasteiger partial charge in [-0.25, -0.2) is 0 Å². The van der Waals surface area contributed by atoms with E-state index >= 15 is 0 Å². The van der Waals surface area contributed by atoms with Crippen molar-refractivity contribution >= 4 is 0 Å². The predicted molar refractivity (Wildman–Crippen MR) is 4.99 cm³/mol. The van der Waals surface area contributed by atoms with Crippen LogP contribution in [0.3, 0.4) is 0 Å². The molecular weight excluding hydrogens is 98.9 g/mol. The molecule has 0 aromatic heterocycles. The van der Waals surface area contributed by atoms with Crippen LogP contribution in [0.4, 0.5) is 0 Å². The van der Waals surface area contributed by atoms with Crippen LogP contribution in [0.5, 0.6) is 0 Å². The molecule has 0 aliphatic carbocycles. The van der Waals surface area contributed by atoms with E-state index in [9.17, 15) is 0 Å². The van der Waals surface area contributed by atoms with Crippen LogP contribution in [0.2, 0.25) is 0 Å². The molecule has 0 amide bonds. The van der Waals surface area contributed by atoms with Crippen LogP contribution >= 0.6 is 0 Å². The molecule has 0 aromatic rings. The summed E-state index contributed by atoms with van der Waals surface area (Å²) in [5, 5.41) is 0. The summed E-state index contributed by atoms with van der Waals surface area (Å²) >= 11 is 0. The third kappa shape index (κ3) is 24.5. The molecule has 25 valence electrons. The normalized spacial score (nSPS) is 0. The van der Waals surface area contributed by atoms with Crippen LogP contribution in [-0.2, 0) is 29.5 Å². The minimum atomic E-state index is 0. The molecule has 0 fully saturated rings. The Morgan fingerprint density at radius 3 is 0.750 bits per heavy atom. The van der Waals surface area contributed by atoms with Crippen LogP contribution in [0, 0.1) is 0 Å². The van der Waals surface area contributed by atoms with Crippen molar-refractivity contribution in [1.82, 2.24) is 0 Å². The molecule has 0 atom stereocenters. The molecule has 0 rings (SSSR count). The minimum absolute atomic E-state index is 0. The summed E-state index contributed by atoms with van der Waals surface area (Å²) in [6.07, 6.45) is 0. The van der Waals surface area contributed by atoms with E-state index in [-0.39, 0.29) is 35.0 Å². The van der Waals surface area contributed by atoms with Crippen LogP contribution in [-0.4, -0.2) is 5.48 Å². The first kappa shape index (κ1) is 248. The molecule has 3 nitrogen and oxygen atoms in total. The Bertz CT molecular complexity index is 3.25. The summed E-state index contributed by atoms with van der Waals surface area (Å²) in [6, 6.07) is 0. The summed E-state index contributed by atoms with van der Waals surface area (Å²) in [7, 11) is 0. The zero-order chi connectivity index (χ0) is 0. The van der Waals surface area contributed by atoms with Crippen molar-refractivity contribution in [3.63, 3.8) is 0 Å². The maximum atomic E-state index is 0. The van der Waals surface area contributed by atoms with E-state index in [0.29, 0.717) is 0 Å². The average molecular weight is 101 g/mol. The van der Waals surface area contributed by atoms with Gasteiger partial charge in [-0.3, -0.25) is 0 Å². The van der Waals surface area contributed by atoms with Gasteiger partial charge in [0.2, 0.25) is 0 Å². The molecular formula is H2O3V. The van der Waals surface area contributed by atoms with Gasteiger partial charge in [0.25, 0.3) is 0 Å². The summed E-state index contributed by atoms with van der Waals surface area (Å²) < 4.78 is 0. The van der Waals surface area contributed by atoms with Crippen molar-refractivity contribution in [3.8, 4) is 0 Å². The molecule has 0 unspecified atom stereocenters. The molecule has 0 spiro atoms. The molecule has 4 heteroatoms. The monoisotopic (exact) mass is 101 g/mol. The zero-order valence-corrected chi connectivity index (χ0v) is 3.16. The summed E-state index contributed by atoms with van der Waals surface area (Å²) in [5.41, 5.74) is 0. The van der Waals surface area contributed by atoms with E-state index in [4.69, 9.17) is 0 Å². The second-order valence-electron chi connectivity index (χ2n) is 0. The fourth-order valence-corrected chi connectivity index (χ4v) is 0. The molecule has 0 heterocycles. The van der Waals surface area contributed by atoms with E-state index in [2.05, 4.69) is 0 Å². The largest absolute Gasteiger partial charge is 4.00 e. The van der Waals surface area contributed by atoms with E-state index < -0.39 is 0 Å². The van der Waals surface area contributed by atoms with Crippen molar-refractivity contribution in [2.75, 3.05) is 0 Å². The fourth-order valence-electron chi connectivity index (χ4n) is 0. The Hall–Kier alpha value is 0.464. The van der Waals surface area contributed by atoms with Crippen LogP contribution in [0.25, 0.3) is 0 Å². The van der Waals surface area contributed by atoms with Gasteiger partial charge in [-0.15, -0.1) is 0 Å². The van der Waals surface area contributed by atoms with Crippen molar-refractivity contribution < 1.29 is 35.0 Å². The van der Waals surface area contributed by atoms with Crippen LogP contribution < -0.4 is 0 Å². The quantitative estimate of drug-likeness (QED) is 0.372. The first-order chi connectivity index (χ1) is 0. The van der Waals surface area contributed by atoms with Gasteiger partial charge in [-0.05, 0) is 0 Å². The predicted octanol–water partition coefficient (Wildman–Crippen LogP) is -1.06. The molecule has 0 bridgehead atoms. The number of hydrogen-bond donors (Lipinski definition) is 0. The minimum Gasteiger partial charge on any atom is -2.00 e. The molecule has 0 aliphatic heterocycles. The van der Waals surface area contributed by atoms with Gasteiger partial charge < -0.3 is 16.4 Å². The van der Waals surface area contributed by atoms with Gasteiger partial charge in [0.1, 0.15) is 0 Å². The standard InChI is InChI=1S/H2O.2O.V/h1H2;;;/q;2*-2;+4. The van der Waals surface area contributed by atoms with Gasteiger partial charge in [0.05, 0.1) is 0 Å². The van der Waals surface area contributed by atoms with Gasteiger partial charge in [0.15, 0.2) is 0 Å². The first-order valence-electron chi connectivity index (χ1n) is 0. The van der Waals surface area contributed by atoms with Gasteiger partial charge in [-0.2, -0.15) is 0 Å². The van der Waals surface area contributed by atoms with Gasteiger partial charge in [0, 0.05) is 0 Å². The van der Waals surface area contributed by atoms with E-state index in [1.807, 2.05) is 0 Å². The molecule has 1 radical (unpaired) electrons. The molecule has 0 aromatic carbocycles. The second kappa shape index (κ2) is 97.6. The smallest absolute Gasteiger partial charge is 2.00 e. The third-order valence-electron chi connectivity index (χ3n) is 0. The van der Waals surface area contributed by atoms with Gasteiger partial charge >= 0.3 is 18.6 Å². The summed E-state index contributed by atoms with van der Waals surface area (Å²) in [4.78, 5) is 0. The van der Waals surface area contributed by atoms with Crippen LogP contribution in [0.15, 0.2) is 0 Å². The number of hydrogen-bond acceptors (Lipinski definition) is 0. The Labute approximate surface area is 35.8 Å². The van der Waals surface area contributed by atoms with E-state index in [0.717, 1.165) is 0 Å². The van der Waals surface area contributed by atoms with Crippen LogP contribution in [0.1, 0.15) is 0 Å². The Morgan fingerprint density at radius 2 is 0.750 bits per heavy atom. The summed E-state index contributed by atoms with van der Waals surface area (Å²) in [6.45, 7) is 0. The van der Waals surface area contributed by atoms with Gasteiger partial charge in [-0.1, -0.05) is 0 Å². The molecule has 0 saturated heterocycles. The third-order valence-corrected chi connectivity index (χ3v) is 0. The topological polar surface area (TPSA) is 88.5 Å².